The van der Waals surface area contributed by atoms with Crippen LogP contribution in [0.5, 0.6) is 5.75 Å². The molecule has 0 saturated carbocycles. The SMILES string of the molecule is CCc1ccc(OC)c(CN2CCNCC2C)c1. The third-order valence-electron chi connectivity index (χ3n) is 3.77. The Morgan fingerprint density at radius 1 is 1.44 bits per heavy atom. The Labute approximate surface area is 110 Å². The summed E-state index contributed by atoms with van der Waals surface area (Å²) in [6, 6.07) is 7.13. The number of piperazine rings is 1. The van der Waals surface area contributed by atoms with Crippen LogP contribution in [0.2, 0.25) is 0 Å². The first kappa shape index (κ1) is 13.4. The summed E-state index contributed by atoms with van der Waals surface area (Å²) in [4.78, 5) is 2.52. The van der Waals surface area contributed by atoms with Gasteiger partial charge in [-0.05, 0) is 25.0 Å². The smallest absolute Gasteiger partial charge is 0.123 e. The number of hydrogen-bond donors (Lipinski definition) is 1. The van der Waals surface area contributed by atoms with Crippen molar-refractivity contribution in [3.8, 4) is 5.75 Å². The first-order chi connectivity index (χ1) is 8.74. The molecule has 0 bridgehead atoms. The lowest BCUT2D eigenvalue weighted by Crippen LogP contribution is -2.49. The summed E-state index contributed by atoms with van der Waals surface area (Å²) in [5, 5.41) is 3.43. The monoisotopic (exact) mass is 248 g/mol. The van der Waals surface area contributed by atoms with Crippen molar-refractivity contribution in [2.45, 2.75) is 32.9 Å². The lowest BCUT2D eigenvalue weighted by Gasteiger charge is -2.34. The fourth-order valence-corrected chi connectivity index (χ4v) is 2.51. The summed E-state index contributed by atoms with van der Waals surface area (Å²) in [7, 11) is 1.76. The van der Waals surface area contributed by atoms with Crippen molar-refractivity contribution >= 4 is 0 Å². The molecule has 100 valence electrons. The van der Waals surface area contributed by atoms with E-state index in [9.17, 15) is 0 Å². The number of ether oxygens (including phenoxy) is 1. The molecule has 18 heavy (non-hydrogen) atoms. The number of rotatable bonds is 4. The summed E-state index contributed by atoms with van der Waals surface area (Å²) in [6.45, 7) is 8.73. The van der Waals surface area contributed by atoms with Crippen LogP contribution in [0.15, 0.2) is 18.2 Å². The number of hydrogen-bond acceptors (Lipinski definition) is 3. The van der Waals surface area contributed by atoms with E-state index >= 15 is 0 Å². The number of nitrogens with zero attached hydrogens (tertiary/aromatic N) is 1. The van der Waals surface area contributed by atoms with Gasteiger partial charge in [0.2, 0.25) is 0 Å². The average molecular weight is 248 g/mol. The van der Waals surface area contributed by atoms with Crippen LogP contribution in [0.25, 0.3) is 0 Å². The maximum absolute atomic E-state index is 5.48. The van der Waals surface area contributed by atoms with Crippen LogP contribution in [0.3, 0.4) is 0 Å². The maximum Gasteiger partial charge on any atom is 0.123 e. The largest absolute Gasteiger partial charge is 0.496 e. The van der Waals surface area contributed by atoms with Crippen LogP contribution < -0.4 is 10.1 Å². The molecule has 0 radical (unpaired) electrons. The second-order valence-electron chi connectivity index (χ2n) is 5.02. The molecule has 0 aromatic heterocycles. The van der Waals surface area contributed by atoms with Crippen molar-refractivity contribution < 1.29 is 4.74 Å². The standard InChI is InChI=1S/C15H24N2O/c1-4-13-5-6-15(18-3)14(9-13)11-17-8-7-16-10-12(17)2/h5-6,9,12,16H,4,7-8,10-11H2,1-3H3. The zero-order chi connectivity index (χ0) is 13.0. The fourth-order valence-electron chi connectivity index (χ4n) is 2.51. The zero-order valence-corrected chi connectivity index (χ0v) is 11.7. The Morgan fingerprint density at radius 3 is 2.94 bits per heavy atom. The minimum atomic E-state index is 0.591. The summed E-state index contributed by atoms with van der Waals surface area (Å²) >= 11 is 0. The van der Waals surface area contributed by atoms with Crippen molar-refractivity contribution in [1.82, 2.24) is 10.2 Å². The van der Waals surface area contributed by atoms with Crippen LogP contribution in [-0.2, 0) is 13.0 Å². The highest BCUT2D eigenvalue weighted by atomic mass is 16.5. The summed E-state index contributed by atoms with van der Waals surface area (Å²) in [6.07, 6.45) is 1.08. The Balaban J connectivity index is 2.15. The maximum atomic E-state index is 5.48. The molecular weight excluding hydrogens is 224 g/mol. The quantitative estimate of drug-likeness (QED) is 0.882. The van der Waals surface area contributed by atoms with E-state index in [1.54, 1.807) is 7.11 Å². The number of nitrogens with one attached hydrogen (secondary N) is 1. The molecule has 1 heterocycles. The van der Waals surface area contributed by atoms with Crippen LogP contribution in [0, 0.1) is 0 Å². The Morgan fingerprint density at radius 2 is 2.28 bits per heavy atom. The van der Waals surface area contributed by atoms with Gasteiger partial charge < -0.3 is 10.1 Å². The molecule has 1 saturated heterocycles. The van der Waals surface area contributed by atoms with Crippen molar-refractivity contribution in [2.75, 3.05) is 26.7 Å². The summed E-state index contributed by atoms with van der Waals surface area (Å²) in [5.41, 5.74) is 2.69. The van der Waals surface area contributed by atoms with Gasteiger partial charge >= 0.3 is 0 Å². The highest BCUT2D eigenvalue weighted by Gasteiger charge is 2.19. The van der Waals surface area contributed by atoms with E-state index < -0.39 is 0 Å². The number of methoxy groups -OCH3 is 1. The van der Waals surface area contributed by atoms with Gasteiger partial charge in [0.25, 0.3) is 0 Å². The van der Waals surface area contributed by atoms with Gasteiger partial charge in [-0.3, -0.25) is 4.90 Å². The molecule has 0 amide bonds. The Hall–Kier alpha value is -1.06. The zero-order valence-electron chi connectivity index (χ0n) is 11.7. The highest BCUT2D eigenvalue weighted by Crippen LogP contribution is 2.23. The molecule has 1 unspecified atom stereocenters. The predicted octanol–water partition coefficient (Wildman–Crippen LogP) is 2.05. The minimum absolute atomic E-state index is 0.591. The van der Waals surface area contributed by atoms with Crippen LogP contribution in [0.4, 0.5) is 0 Å². The molecule has 1 fully saturated rings. The van der Waals surface area contributed by atoms with Gasteiger partial charge in [-0.2, -0.15) is 0 Å². The first-order valence-electron chi connectivity index (χ1n) is 6.85. The lowest BCUT2D eigenvalue weighted by molar-refractivity contribution is 0.164. The van der Waals surface area contributed by atoms with E-state index in [1.165, 1.54) is 11.1 Å². The summed E-state index contributed by atoms with van der Waals surface area (Å²) in [5.74, 6) is 1.01. The second-order valence-corrected chi connectivity index (χ2v) is 5.02. The van der Waals surface area contributed by atoms with Gasteiger partial charge in [0.1, 0.15) is 5.75 Å². The molecule has 2 rings (SSSR count). The summed E-state index contributed by atoms with van der Waals surface area (Å²) < 4.78 is 5.48. The van der Waals surface area contributed by atoms with Crippen molar-refractivity contribution in [2.24, 2.45) is 0 Å². The van der Waals surface area contributed by atoms with Gasteiger partial charge in [-0.25, -0.2) is 0 Å². The Bertz CT molecular complexity index is 392. The molecule has 1 aliphatic rings. The van der Waals surface area contributed by atoms with E-state index in [-0.39, 0.29) is 0 Å². The fraction of sp³-hybridized carbons (Fsp3) is 0.600. The van der Waals surface area contributed by atoms with Crippen LogP contribution in [0.1, 0.15) is 25.0 Å². The van der Waals surface area contributed by atoms with E-state index in [2.05, 4.69) is 42.3 Å². The normalized spacial score (nSPS) is 20.9. The van der Waals surface area contributed by atoms with Gasteiger partial charge in [-0.15, -0.1) is 0 Å². The van der Waals surface area contributed by atoms with Crippen molar-refractivity contribution in [3.63, 3.8) is 0 Å². The van der Waals surface area contributed by atoms with Gasteiger partial charge in [-0.1, -0.05) is 19.1 Å². The molecule has 1 aliphatic heterocycles. The molecule has 1 aromatic rings. The first-order valence-corrected chi connectivity index (χ1v) is 6.85. The van der Waals surface area contributed by atoms with Gasteiger partial charge in [0, 0.05) is 37.8 Å². The molecule has 3 heteroatoms. The van der Waals surface area contributed by atoms with Crippen LogP contribution in [-0.4, -0.2) is 37.7 Å². The molecule has 1 N–H and O–H groups in total. The third-order valence-corrected chi connectivity index (χ3v) is 3.77. The van der Waals surface area contributed by atoms with Crippen molar-refractivity contribution in [3.05, 3.63) is 29.3 Å². The lowest BCUT2D eigenvalue weighted by atomic mass is 10.1. The highest BCUT2D eigenvalue weighted by molar-refractivity contribution is 5.37. The molecule has 0 aliphatic carbocycles. The van der Waals surface area contributed by atoms with E-state index in [1.807, 2.05) is 0 Å². The van der Waals surface area contributed by atoms with E-state index in [0.29, 0.717) is 6.04 Å². The molecular formula is C15H24N2O. The van der Waals surface area contributed by atoms with Gasteiger partial charge in [0.05, 0.1) is 7.11 Å². The third kappa shape index (κ3) is 3.03. The number of benzene rings is 1. The molecule has 1 atom stereocenters. The molecule has 3 nitrogen and oxygen atoms in total. The van der Waals surface area contributed by atoms with Crippen molar-refractivity contribution in [1.29, 1.82) is 0 Å². The predicted molar refractivity (Wildman–Crippen MR) is 75.1 cm³/mol. The topological polar surface area (TPSA) is 24.5 Å². The second kappa shape index (κ2) is 6.21. The van der Waals surface area contributed by atoms with Gasteiger partial charge in [0.15, 0.2) is 0 Å². The molecule has 0 spiro atoms. The minimum Gasteiger partial charge on any atom is -0.496 e. The van der Waals surface area contributed by atoms with E-state index in [4.69, 9.17) is 4.74 Å². The van der Waals surface area contributed by atoms with Crippen LogP contribution >= 0.6 is 0 Å². The average Bonchev–Trinajstić information content (AvgIpc) is 2.41. The Kier molecular flexibility index (Phi) is 4.61. The number of aryl methyl sites for hydroxylation is 1. The molecule has 1 aromatic carbocycles. The van der Waals surface area contributed by atoms with E-state index in [0.717, 1.165) is 38.3 Å².